The Balaban J connectivity index is 1.14. The summed E-state index contributed by atoms with van der Waals surface area (Å²) in [6.45, 7) is 4.73. The minimum atomic E-state index is -0.0877. The first-order valence-electron chi connectivity index (χ1n) is 19.8. The van der Waals surface area contributed by atoms with Crippen LogP contribution in [0.25, 0.3) is 75.5 Å². The Labute approximate surface area is 337 Å². The molecule has 1 heterocycles. The monoisotopic (exact) mass is 745 g/mol. The summed E-state index contributed by atoms with van der Waals surface area (Å²) in [5, 5.41) is 5.08. The third-order valence-electron chi connectivity index (χ3n) is 12.1. The van der Waals surface area contributed by atoms with Gasteiger partial charge in [-0.25, -0.2) is 0 Å². The number of rotatable bonds is 6. The molecule has 2 heteroatoms. The lowest BCUT2D eigenvalue weighted by molar-refractivity contribution is 0.660. The van der Waals surface area contributed by atoms with Gasteiger partial charge in [-0.15, -0.1) is 11.3 Å². The number of nitrogens with zero attached hydrogens (tertiary/aromatic N) is 1. The lowest BCUT2D eigenvalue weighted by Crippen LogP contribution is -2.15. The van der Waals surface area contributed by atoms with Gasteiger partial charge in [0, 0.05) is 36.8 Å². The first kappa shape index (κ1) is 33.6. The topological polar surface area (TPSA) is 3.24 Å². The van der Waals surface area contributed by atoms with Crippen molar-refractivity contribution in [2.24, 2.45) is 0 Å². The van der Waals surface area contributed by atoms with Crippen molar-refractivity contribution in [3.8, 4) is 44.5 Å². The summed E-state index contributed by atoms with van der Waals surface area (Å²) in [5.74, 6) is 0. The quantitative estimate of drug-likeness (QED) is 0.164. The van der Waals surface area contributed by atoms with Gasteiger partial charge >= 0.3 is 0 Å². The number of anilines is 3. The molecular formula is C55H39NS. The molecular weight excluding hydrogens is 707 g/mol. The Morgan fingerprint density at radius 1 is 0.386 bits per heavy atom. The molecule has 0 fully saturated rings. The zero-order chi connectivity index (χ0) is 38.1. The van der Waals surface area contributed by atoms with E-state index in [-0.39, 0.29) is 5.41 Å². The van der Waals surface area contributed by atoms with Crippen molar-refractivity contribution in [2.75, 3.05) is 4.90 Å². The van der Waals surface area contributed by atoms with E-state index in [2.05, 4.69) is 219 Å². The van der Waals surface area contributed by atoms with Crippen LogP contribution in [0.1, 0.15) is 25.0 Å². The summed E-state index contributed by atoms with van der Waals surface area (Å²) < 4.78 is 2.58. The zero-order valence-electron chi connectivity index (χ0n) is 31.9. The van der Waals surface area contributed by atoms with Crippen LogP contribution in [0.4, 0.5) is 17.1 Å². The highest BCUT2D eigenvalue weighted by Crippen LogP contribution is 2.54. The minimum Gasteiger partial charge on any atom is -0.309 e. The fourth-order valence-electron chi connectivity index (χ4n) is 9.46. The van der Waals surface area contributed by atoms with Gasteiger partial charge in [0.1, 0.15) is 0 Å². The van der Waals surface area contributed by atoms with Gasteiger partial charge in [0.2, 0.25) is 0 Å². The molecule has 0 saturated carbocycles. The molecule has 10 aromatic rings. The standard InChI is InChI=1S/C55H39NS/c1-55(2)46-26-9-6-21-44(46)53-43(25-14-27-47(53)55)42-20-7-10-28-48(42)56(49-29-15-31-51-54(49)45-22-8-11-30-50(45)57-51)39-34-32-37(33-35-39)41-24-13-19-38-18-12-23-40(52(38)41)36-16-4-3-5-17-36/h3-35H,1-2H3. The molecule has 0 radical (unpaired) electrons. The average molecular weight is 746 g/mol. The van der Waals surface area contributed by atoms with Crippen molar-refractivity contribution < 1.29 is 0 Å². The second-order valence-corrected chi connectivity index (χ2v) is 16.7. The molecule has 270 valence electrons. The minimum absolute atomic E-state index is 0.0877. The van der Waals surface area contributed by atoms with Crippen molar-refractivity contribution in [3.63, 3.8) is 0 Å². The van der Waals surface area contributed by atoms with Crippen molar-refractivity contribution >= 4 is 59.3 Å². The van der Waals surface area contributed by atoms with Crippen molar-refractivity contribution in [1.82, 2.24) is 0 Å². The third kappa shape index (κ3) is 5.29. The van der Waals surface area contributed by atoms with Crippen molar-refractivity contribution in [2.45, 2.75) is 19.3 Å². The lowest BCUT2D eigenvalue weighted by Gasteiger charge is -2.29. The lowest BCUT2D eigenvalue weighted by atomic mass is 9.82. The van der Waals surface area contributed by atoms with Crippen LogP contribution in [0.15, 0.2) is 200 Å². The average Bonchev–Trinajstić information content (AvgIpc) is 3.77. The van der Waals surface area contributed by atoms with Gasteiger partial charge in [0.25, 0.3) is 0 Å². The molecule has 1 aliphatic rings. The molecule has 0 aliphatic heterocycles. The number of thiophene rings is 1. The SMILES string of the molecule is CC1(C)c2ccccc2-c2c(-c3ccccc3N(c3ccc(-c4cccc5cccc(-c6ccccc6)c45)cc3)c3cccc4sc5ccccc5c34)cccc21. The van der Waals surface area contributed by atoms with E-state index in [1.807, 2.05) is 11.3 Å². The van der Waals surface area contributed by atoms with E-state index in [1.54, 1.807) is 0 Å². The van der Waals surface area contributed by atoms with E-state index in [0.717, 1.165) is 11.4 Å². The number of hydrogen-bond acceptors (Lipinski definition) is 2. The van der Waals surface area contributed by atoms with Gasteiger partial charge in [-0.05, 0) is 97.2 Å². The fourth-order valence-corrected chi connectivity index (χ4v) is 10.6. The molecule has 0 amide bonds. The molecule has 57 heavy (non-hydrogen) atoms. The van der Waals surface area contributed by atoms with Gasteiger partial charge in [0.05, 0.1) is 11.4 Å². The van der Waals surface area contributed by atoms with Gasteiger partial charge in [-0.1, -0.05) is 178 Å². The Hall–Kier alpha value is -6.74. The van der Waals surface area contributed by atoms with Crippen LogP contribution in [0.5, 0.6) is 0 Å². The maximum atomic E-state index is 2.50. The third-order valence-corrected chi connectivity index (χ3v) is 13.2. The van der Waals surface area contributed by atoms with E-state index < -0.39 is 0 Å². The predicted octanol–water partition coefficient (Wildman–Crippen LogP) is 16.0. The smallest absolute Gasteiger partial charge is 0.0555 e. The van der Waals surface area contributed by atoms with E-state index in [4.69, 9.17) is 0 Å². The number of hydrogen-bond donors (Lipinski definition) is 0. The molecule has 0 atom stereocenters. The van der Waals surface area contributed by atoms with Crippen LogP contribution >= 0.6 is 11.3 Å². The fraction of sp³-hybridized carbons (Fsp3) is 0.0545. The van der Waals surface area contributed by atoms with Crippen LogP contribution in [-0.4, -0.2) is 0 Å². The second-order valence-electron chi connectivity index (χ2n) is 15.6. The van der Waals surface area contributed by atoms with Gasteiger partial charge in [-0.2, -0.15) is 0 Å². The Morgan fingerprint density at radius 3 is 1.75 bits per heavy atom. The Kier molecular flexibility index (Phi) is 7.77. The number of fused-ring (bicyclic) bond motifs is 7. The van der Waals surface area contributed by atoms with Crippen LogP contribution in [0.3, 0.4) is 0 Å². The number of para-hydroxylation sites is 1. The first-order valence-corrected chi connectivity index (χ1v) is 20.6. The zero-order valence-corrected chi connectivity index (χ0v) is 32.7. The second kappa shape index (κ2) is 13.2. The largest absolute Gasteiger partial charge is 0.309 e. The van der Waals surface area contributed by atoms with Gasteiger partial charge < -0.3 is 4.90 Å². The normalized spacial score (nSPS) is 12.9. The van der Waals surface area contributed by atoms with Crippen molar-refractivity contribution in [1.29, 1.82) is 0 Å². The highest BCUT2D eigenvalue weighted by atomic mass is 32.1. The van der Waals surface area contributed by atoms with Gasteiger partial charge in [-0.3, -0.25) is 0 Å². The molecule has 1 aliphatic carbocycles. The predicted molar refractivity (Wildman–Crippen MR) is 245 cm³/mol. The maximum absolute atomic E-state index is 2.50. The summed E-state index contributed by atoms with van der Waals surface area (Å²) >= 11 is 1.87. The van der Waals surface area contributed by atoms with Crippen LogP contribution in [0.2, 0.25) is 0 Å². The number of benzene rings is 9. The van der Waals surface area contributed by atoms with E-state index in [0.29, 0.717) is 0 Å². The summed E-state index contributed by atoms with van der Waals surface area (Å²) in [6.07, 6.45) is 0. The van der Waals surface area contributed by atoms with Crippen LogP contribution in [-0.2, 0) is 5.41 Å². The highest BCUT2D eigenvalue weighted by Gasteiger charge is 2.37. The molecule has 0 N–H and O–H groups in total. The van der Waals surface area contributed by atoms with E-state index in [9.17, 15) is 0 Å². The molecule has 1 aromatic heterocycles. The van der Waals surface area contributed by atoms with Crippen LogP contribution in [0, 0.1) is 0 Å². The Morgan fingerprint density at radius 2 is 0.947 bits per heavy atom. The summed E-state index contributed by atoms with van der Waals surface area (Å²) in [4.78, 5) is 2.50. The molecule has 9 aromatic carbocycles. The summed E-state index contributed by atoms with van der Waals surface area (Å²) in [6, 6.07) is 73.8. The van der Waals surface area contributed by atoms with E-state index in [1.165, 1.54) is 92.3 Å². The molecule has 0 saturated heterocycles. The van der Waals surface area contributed by atoms with Crippen LogP contribution < -0.4 is 4.90 Å². The summed E-state index contributed by atoms with van der Waals surface area (Å²) in [7, 11) is 0. The van der Waals surface area contributed by atoms with E-state index >= 15 is 0 Å². The molecule has 0 spiro atoms. The maximum Gasteiger partial charge on any atom is 0.0555 e. The van der Waals surface area contributed by atoms with Gasteiger partial charge in [0.15, 0.2) is 0 Å². The summed E-state index contributed by atoms with van der Waals surface area (Å²) in [5.41, 5.74) is 16.2. The first-order chi connectivity index (χ1) is 28.1. The molecule has 11 rings (SSSR count). The van der Waals surface area contributed by atoms with Crippen molar-refractivity contribution in [3.05, 3.63) is 211 Å². The molecule has 1 nitrogen and oxygen atoms in total. The Bertz CT molecular complexity index is 3150. The highest BCUT2D eigenvalue weighted by molar-refractivity contribution is 7.26. The molecule has 0 bridgehead atoms. The molecule has 0 unspecified atom stereocenters.